The Morgan fingerprint density at radius 1 is 1.15 bits per heavy atom. The van der Waals surface area contributed by atoms with Crippen LogP contribution in [-0.2, 0) is 6.61 Å². The molecule has 0 amide bonds. The van der Waals surface area contributed by atoms with Crippen LogP contribution < -0.4 is 9.47 Å². The summed E-state index contributed by atoms with van der Waals surface area (Å²) in [4.78, 5) is 5.26. The van der Waals surface area contributed by atoms with Crippen molar-refractivity contribution in [1.29, 1.82) is 0 Å². The quantitative estimate of drug-likeness (QED) is 0.720. The molecule has 0 fully saturated rings. The molecule has 0 aliphatic heterocycles. The zero-order chi connectivity index (χ0) is 13.8. The smallest absolute Gasteiger partial charge is 0.264 e. The van der Waals surface area contributed by atoms with Crippen molar-refractivity contribution in [3.63, 3.8) is 0 Å². The van der Waals surface area contributed by atoms with Gasteiger partial charge in [-0.25, -0.2) is 0 Å². The Hall–Kier alpha value is -2.34. The second kappa shape index (κ2) is 5.75. The maximum atomic E-state index is 5.63. The van der Waals surface area contributed by atoms with Gasteiger partial charge in [-0.3, -0.25) is 0 Å². The lowest BCUT2D eigenvalue weighted by atomic mass is 10.3. The fourth-order valence-electron chi connectivity index (χ4n) is 1.70. The molecule has 5 nitrogen and oxygen atoms in total. The summed E-state index contributed by atoms with van der Waals surface area (Å²) in [5.74, 6) is 2.33. The van der Waals surface area contributed by atoms with Crippen molar-refractivity contribution in [1.82, 2.24) is 10.1 Å². The van der Waals surface area contributed by atoms with Gasteiger partial charge in [-0.05, 0) is 23.6 Å². The van der Waals surface area contributed by atoms with Crippen LogP contribution in [0.25, 0.3) is 10.7 Å². The minimum absolute atomic E-state index is 0.207. The summed E-state index contributed by atoms with van der Waals surface area (Å²) < 4.78 is 16.0. The molecular formula is C14H12N2O3S. The first kappa shape index (κ1) is 12.7. The maximum Gasteiger partial charge on any atom is 0.264 e. The van der Waals surface area contributed by atoms with Crippen LogP contribution in [0.1, 0.15) is 5.89 Å². The molecule has 1 aromatic carbocycles. The molecular weight excluding hydrogens is 276 g/mol. The van der Waals surface area contributed by atoms with Crippen LogP contribution in [-0.4, -0.2) is 17.3 Å². The molecule has 0 saturated heterocycles. The Kier molecular flexibility index (Phi) is 3.64. The highest BCUT2D eigenvalue weighted by molar-refractivity contribution is 7.13. The van der Waals surface area contributed by atoms with E-state index in [2.05, 4.69) is 10.1 Å². The van der Waals surface area contributed by atoms with E-state index in [0.29, 0.717) is 23.2 Å². The van der Waals surface area contributed by atoms with E-state index in [9.17, 15) is 0 Å². The number of para-hydroxylation sites is 2. The van der Waals surface area contributed by atoms with Crippen LogP contribution in [0.2, 0.25) is 0 Å². The highest BCUT2D eigenvalue weighted by Gasteiger charge is 2.11. The number of hydrogen-bond acceptors (Lipinski definition) is 6. The fraction of sp³-hybridized carbons (Fsp3) is 0.143. The molecule has 2 aromatic heterocycles. The zero-order valence-corrected chi connectivity index (χ0v) is 11.6. The molecule has 6 heteroatoms. The van der Waals surface area contributed by atoms with Crippen LogP contribution in [0, 0.1) is 0 Å². The summed E-state index contributed by atoms with van der Waals surface area (Å²) >= 11 is 1.56. The van der Waals surface area contributed by atoms with Gasteiger partial charge in [-0.1, -0.05) is 23.4 Å². The highest BCUT2D eigenvalue weighted by atomic mass is 32.1. The van der Waals surface area contributed by atoms with E-state index in [1.54, 1.807) is 18.4 Å². The number of nitrogens with zero attached hydrogens (tertiary/aromatic N) is 2. The largest absolute Gasteiger partial charge is 0.493 e. The second-order valence-electron chi connectivity index (χ2n) is 3.93. The SMILES string of the molecule is COc1ccccc1OCc1nc(-c2cccs2)no1. The normalized spacial score (nSPS) is 10.4. The van der Waals surface area contributed by atoms with Crippen molar-refractivity contribution < 1.29 is 14.0 Å². The fourth-order valence-corrected chi connectivity index (χ4v) is 2.35. The predicted molar refractivity (Wildman–Crippen MR) is 74.9 cm³/mol. The topological polar surface area (TPSA) is 57.4 Å². The molecule has 0 N–H and O–H groups in total. The molecule has 0 atom stereocenters. The third kappa shape index (κ3) is 2.65. The lowest BCUT2D eigenvalue weighted by Crippen LogP contribution is -1.97. The van der Waals surface area contributed by atoms with Gasteiger partial charge in [-0.15, -0.1) is 11.3 Å². The number of benzene rings is 1. The Labute approximate surface area is 119 Å². The Bertz CT molecular complexity index is 679. The average Bonchev–Trinajstić information content (AvgIpc) is 3.16. The summed E-state index contributed by atoms with van der Waals surface area (Å²) in [5.41, 5.74) is 0. The number of ether oxygens (including phenoxy) is 2. The molecule has 0 radical (unpaired) electrons. The van der Waals surface area contributed by atoms with Crippen molar-refractivity contribution in [2.24, 2.45) is 0 Å². The molecule has 0 unspecified atom stereocenters. The molecule has 0 bridgehead atoms. The highest BCUT2D eigenvalue weighted by Crippen LogP contribution is 2.27. The zero-order valence-electron chi connectivity index (χ0n) is 10.8. The number of methoxy groups -OCH3 is 1. The molecule has 3 rings (SSSR count). The van der Waals surface area contributed by atoms with Gasteiger partial charge in [0, 0.05) is 0 Å². The van der Waals surface area contributed by atoms with Crippen molar-refractivity contribution in [3.8, 4) is 22.2 Å². The van der Waals surface area contributed by atoms with Crippen LogP contribution >= 0.6 is 11.3 Å². The van der Waals surface area contributed by atoms with E-state index in [0.717, 1.165) is 4.88 Å². The maximum absolute atomic E-state index is 5.63. The van der Waals surface area contributed by atoms with Crippen molar-refractivity contribution in [2.75, 3.05) is 7.11 Å². The number of thiophene rings is 1. The van der Waals surface area contributed by atoms with Gasteiger partial charge >= 0.3 is 0 Å². The summed E-state index contributed by atoms with van der Waals surface area (Å²) in [7, 11) is 1.60. The molecule has 3 aromatic rings. The van der Waals surface area contributed by atoms with E-state index >= 15 is 0 Å². The van der Waals surface area contributed by atoms with E-state index in [-0.39, 0.29) is 6.61 Å². The first-order valence-corrected chi connectivity index (χ1v) is 6.87. The summed E-state index contributed by atoms with van der Waals surface area (Å²) in [6, 6.07) is 11.3. The van der Waals surface area contributed by atoms with Crippen LogP contribution in [0.3, 0.4) is 0 Å². The molecule has 0 spiro atoms. The standard InChI is InChI=1S/C14H12N2O3S/c1-17-10-5-2-3-6-11(10)18-9-13-15-14(16-19-13)12-7-4-8-20-12/h2-8H,9H2,1H3. The van der Waals surface area contributed by atoms with Crippen LogP contribution in [0.5, 0.6) is 11.5 Å². The lowest BCUT2D eigenvalue weighted by molar-refractivity contribution is 0.233. The van der Waals surface area contributed by atoms with Gasteiger partial charge < -0.3 is 14.0 Å². The second-order valence-corrected chi connectivity index (χ2v) is 4.88. The van der Waals surface area contributed by atoms with Crippen molar-refractivity contribution in [2.45, 2.75) is 6.61 Å². The van der Waals surface area contributed by atoms with E-state index in [1.807, 2.05) is 41.8 Å². The van der Waals surface area contributed by atoms with Gasteiger partial charge in [0.2, 0.25) is 5.82 Å². The van der Waals surface area contributed by atoms with Crippen molar-refractivity contribution in [3.05, 3.63) is 47.7 Å². The Balaban J connectivity index is 1.70. The van der Waals surface area contributed by atoms with Gasteiger partial charge in [0.15, 0.2) is 18.1 Å². The third-order valence-corrected chi connectivity index (χ3v) is 3.50. The Morgan fingerprint density at radius 2 is 2.00 bits per heavy atom. The molecule has 0 aliphatic rings. The number of aromatic nitrogens is 2. The first-order chi connectivity index (χ1) is 9.86. The predicted octanol–water partition coefficient (Wildman–Crippen LogP) is 3.39. The van der Waals surface area contributed by atoms with Gasteiger partial charge in [0.25, 0.3) is 5.89 Å². The van der Waals surface area contributed by atoms with Crippen molar-refractivity contribution >= 4 is 11.3 Å². The first-order valence-electron chi connectivity index (χ1n) is 5.99. The number of hydrogen-bond donors (Lipinski definition) is 0. The number of rotatable bonds is 5. The summed E-state index contributed by atoms with van der Waals surface area (Å²) in [6.45, 7) is 0.207. The van der Waals surface area contributed by atoms with Crippen LogP contribution in [0.15, 0.2) is 46.3 Å². The van der Waals surface area contributed by atoms with Gasteiger partial charge in [-0.2, -0.15) is 4.98 Å². The van der Waals surface area contributed by atoms with Gasteiger partial charge in [0.05, 0.1) is 12.0 Å². The molecule has 102 valence electrons. The Morgan fingerprint density at radius 3 is 2.75 bits per heavy atom. The van der Waals surface area contributed by atoms with E-state index < -0.39 is 0 Å². The molecule has 2 heterocycles. The lowest BCUT2D eigenvalue weighted by Gasteiger charge is -2.07. The third-order valence-electron chi connectivity index (χ3n) is 2.63. The molecule has 0 aliphatic carbocycles. The van der Waals surface area contributed by atoms with E-state index in [1.165, 1.54) is 0 Å². The average molecular weight is 288 g/mol. The summed E-state index contributed by atoms with van der Waals surface area (Å²) in [5, 5.41) is 5.90. The summed E-state index contributed by atoms with van der Waals surface area (Å²) in [6.07, 6.45) is 0. The van der Waals surface area contributed by atoms with Crippen LogP contribution in [0.4, 0.5) is 0 Å². The molecule has 20 heavy (non-hydrogen) atoms. The minimum atomic E-state index is 0.207. The van der Waals surface area contributed by atoms with E-state index in [4.69, 9.17) is 14.0 Å². The monoisotopic (exact) mass is 288 g/mol. The minimum Gasteiger partial charge on any atom is -0.493 e. The van der Waals surface area contributed by atoms with Gasteiger partial charge in [0.1, 0.15) is 0 Å². The molecule has 0 saturated carbocycles.